The van der Waals surface area contributed by atoms with E-state index >= 15 is 0 Å². The van der Waals surface area contributed by atoms with Crippen molar-refractivity contribution in [3.05, 3.63) is 0 Å². The highest BCUT2D eigenvalue weighted by atomic mass is 127. The molecule has 1 aliphatic rings. The van der Waals surface area contributed by atoms with Crippen molar-refractivity contribution < 1.29 is 0 Å². The van der Waals surface area contributed by atoms with Crippen LogP contribution >= 0.6 is 45.2 Å². The Hall–Kier alpha value is 1.38. The van der Waals surface area contributed by atoms with E-state index in [-0.39, 0.29) is 7.47 Å². The van der Waals surface area contributed by atoms with E-state index in [0.717, 1.165) is 19.3 Å². The van der Waals surface area contributed by atoms with Crippen molar-refractivity contribution in [3.8, 4) is 0 Å². The Labute approximate surface area is 88.8 Å². The van der Waals surface area contributed by atoms with Gasteiger partial charge < -0.3 is 11.5 Å². The van der Waals surface area contributed by atoms with Gasteiger partial charge in [-0.3, -0.25) is 0 Å². The number of rotatable bonds is 0. The van der Waals surface area contributed by atoms with Crippen LogP contribution in [0, 0.1) is 0 Å². The highest BCUT2D eigenvalue weighted by Crippen LogP contribution is 2.40. The fraction of sp³-hybridized carbons (Fsp3) is 1.00. The maximum Gasteiger partial charge on any atom is 0.0885 e. The SMILES string of the molecule is N[C@H]1CCC(I)(I)[C@H](N)C1. The van der Waals surface area contributed by atoms with E-state index in [2.05, 4.69) is 45.2 Å². The van der Waals surface area contributed by atoms with Crippen molar-refractivity contribution in [1.82, 2.24) is 0 Å². The molecule has 1 saturated carbocycles. The molecule has 1 rings (SSSR count). The Morgan fingerprint density at radius 2 is 1.90 bits per heavy atom. The molecule has 60 valence electrons. The summed E-state index contributed by atoms with van der Waals surface area (Å²) in [6, 6.07) is 0.616. The zero-order valence-corrected chi connectivity index (χ0v) is 10.0. The fourth-order valence-electron chi connectivity index (χ4n) is 1.18. The molecule has 0 saturated heterocycles. The van der Waals surface area contributed by atoms with Gasteiger partial charge in [-0.1, -0.05) is 45.2 Å². The summed E-state index contributed by atoms with van der Waals surface area (Å²) >= 11 is 4.87. The van der Waals surface area contributed by atoms with Crippen LogP contribution in [0.1, 0.15) is 19.3 Å². The van der Waals surface area contributed by atoms with E-state index in [9.17, 15) is 0 Å². The third-order valence-corrected chi connectivity index (χ3v) is 4.63. The summed E-state index contributed by atoms with van der Waals surface area (Å²) in [5, 5.41) is 0. The second-order valence-electron chi connectivity index (χ2n) is 2.90. The van der Waals surface area contributed by atoms with Crippen LogP contribution < -0.4 is 11.5 Å². The average molecular weight is 366 g/mol. The van der Waals surface area contributed by atoms with Crippen LogP contribution in [0.5, 0.6) is 0 Å². The smallest absolute Gasteiger partial charge is 0.0885 e. The molecule has 10 heavy (non-hydrogen) atoms. The monoisotopic (exact) mass is 366 g/mol. The third kappa shape index (κ3) is 2.18. The van der Waals surface area contributed by atoms with Gasteiger partial charge in [0.05, 0.1) is 1.43 Å². The van der Waals surface area contributed by atoms with Crippen LogP contribution in [-0.4, -0.2) is 13.5 Å². The topological polar surface area (TPSA) is 52.0 Å². The van der Waals surface area contributed by atoms with Gasteiger partial charge in [0, 0.05) is 12.1 Å². The number of halogens is 2. The highest BCUT2D eigenvalue weighted by molar-refractivity contribution is 14.2. The normalized spacial score (nSPS) is 39.6. The molecule has 4 N–H and O–H groups in total. The van der Waals surface area contributed by atoms with E-state index < -0.39 is 0 Å². The lowest BCUT2D eigenvalue weighted by molar-refractivity contribution is 0.403. The summed E-state index contributed by atoms with van der Waals surface area (Å²) in [6.45, 7) is 0. The molecular formula is C6H12I2N2. The van der Waals surface area contributed by atoms with Crippen LogP contribution in [0.15, 0.2) is 0 Å². The summed E-state index contributed by atoms with van der Waals surface area (Å²) in [7, 11) is 0. The molecule has 2 nitrogen and oxygen atoms in total. The van der Waals surface area contributed by atoms with Gasteiger partial charge in [0.2, 0.25) is 0 Å². The molecule has 0 aromatic heterocycles. The Kier molecular flexibility index (Phi) is 3.22. The Bertz CT molecular complexity index is 127. The predicted molar refractivity (Wildman–Crippen MR) is 60.6 cm³/mol. The largest absolute Gasteiger partial charge is 0.328 e. The van der Waals surface area contributed by atoms with Gasteiger partial charge in [-0.25, -0.2) is 0 Å². The first-order valence-electron chi connectivity index (χ1n) is 3.41. The molecule has 0 heterocycles. The minimum Gasteiger partial charge on any atom is -0.328 e. The molecule has 0 aromatic carbocycles. The number of hydrogen-bond donors (Lipinski definition) is 2. The molecule has 0 bridgehead atoms. The number of alkyl halides is 2. The summed E-state index contributed by atoms with van der Waals surface area (Å²) in [5.41, 5.74) is 11.7. The first-order chi connectivity index (χ1) is 4.52. The zero-order valence-electron chi connectivity index (χ0n) is 5.69. The van der Waals surface area contributed by atoms with Gasteiger partial charge in [-0.2, -0.15) is 0 Å². The van der Waals surface area contributed by atoms with Crippen molar-refractivity contribution in [2.24, 2.45) is 11.5 Å². The minimum atomic E-state index is 0.255. The standard InChI is InChI=1S/C6H12I2N2/c7-6(8)2-1-4(9)3-5(6)10/h4-5H,1-3,9-10H2/t4-,5+/m0/s1. The summed E-state index contributed by atoms with van der Waals surface area (Å²) in [6.07, 6.45) is 3.25. The number of hydrogen-bond acceptors (Lipinski definition) is 2. The molecule has 0 unspecified atom stereocenters. The first-order valence-corrected chi connectivity index (χ1v) is 5.57. The lowest BCUT2D eigenvalue weighted by atomic mass is 9.92. The second-order valence-corrected chi connectivity index (χ2v) is 8.82. The van der Waals surface area contributed by atoms with Crippen LogP contribution in [0.2, 0.25) is 0 Å². The Morgan fingerprint density at radius 1 is 1.30 bits per heavy atom. The van der Waals surface area contributed by atoms with E-state index in [1.54, 1.807) is 0 Å². The van der Waals surface area contributed by atoms with Gasteiger partial charge >= 0.3 is 0 Å². The molecule has 4 heteroatoms. The van der Waals surface area contributed by atoms with Crippen LogP contribution in [0.4, 0.5) is 0 Å². The first kappa shape index (κ1) is 9.47. The molecular weight excluding hydrogens is 354 g/mol. The number of nitrogens with two attached hydrogens (primary N) is 2. The van der Waals surface area contributed by atoms with Crippen LogP contribution in [0.25, 0.3) is 0 Å². The van der Waals surface area contributed by atoms with Crippen molar-refractivity contribution >= 4 is 45.2 Å². The molecule has 0 aliphatic heterocycles. The highest BCUT2D eigenvalue weighted by Gasteiger charge is 2.35. The zero-order chi connectivity index (χ0) is 7.78. The van der Waals surface area contributed by atoms with Gasteiger partial charge in [0.15, 0.2) is 0 Å². The summed E-state index contributed by atoms with van der Waals surface area (Å²) < 4.78 is 0.255. The summed E-state index contributed by atoms with van der Waals surface area (Å²) in [5.74, 6) is 0. The van der Waals surface area contributed by atoms with Crippen molar-refractivity contribution in [1.29, 1.82) is 0 Å². The van der Waals surface area contributed by atoms with Crippen molar-refractivity contribution in [3.63, 3.8) is 0 Å². The van der Waals surface area contributed by atoms with Crippen LogP contribution in [-0.2, 0) is 0 Å². The molecule has 2 atom stereocenters. The van der Waals surface area contributed by atoms with Gasteiger partial charge in [0.1, 0.15) is 0 Å². The lowest BCUT2D eigenvalue weighted by Gasteiger charge is -2.35. The van der Waals surface area contributed by atoms with Crippen molar-refractivity contribution in [2.45, 2.75) is 32.8 Å². The lowest BCUT2D eigenvalue weighted by Crippen LogP contribution is -2.47. The summed E-state index contributed by atoms with van der Waals surface area (Å²) in [4.78, 5) is 0. The van der Waals surface area contributed by atoms with E-state index in [0.29, 0.717) is 6.04 Å². The fourth-order valence-corrected chi connectivity index (χ4v) is 2.31. The second kappa shape index (κ2) is 3.40. The van der Waals surface area contributed by atoms with Crippen LogP contribution in [0.3, 0.4) is 0 Å². The maximum atomic E-state index is 5.91. The van der Waals surface area contributed by atoms with E-state index in [1.807, 2.05) is 0 Å². The quantitative estimate of drug-likeness (QED) is 0.503. The molecule has 1 aliphatic carbocycles. The van der Waals surface area contributed by atoms with Crippen molar-refractivity contribution in [2.75, 3.05) is 0 Å². The predicted octanol–water partition coefficient (Wildman–Crippen LogP) is 1.39. The Morgan fingerprint density at radius 3 is 2.30 bits per heavy atom. The molecule has 0 amide bonds. The third-order valence-electron chi connectivity index (χ3n) is 1.95. The molecule has 0 spiro atoms. The Balaban J connectivity index is 2.52. The maximum absolute atomic E-state index is 5.91. The molecule has 0 radical (unpaired) electrons. The van der Waals surface area contributed by atoms with Gasteiger partial charge in [0.25, 0.3) is 0 Å². The average Bonchev–Trinajstić information content (AvgIpc) is 1.81. The van der Waals surface area contributed by atoms with Gasteiger partial charge in [-0.05, 0) is 19.3 Å². The van der Waals surface area contributed by atoms with E-state index in [1.165, 1.54) is 0 Å². The minimum absolute atomic E-state index is 0.255. The molecule has 0 aromatic rings. The molecule has 1 fully saturated rings. The van der Waals surface area contributed by atoms with Gasteiger partial charge in [-0.15, -0.1) is 0 Å². The van der Waals surface area contributed by atoms with E-state index in [4.69, 9.17) is 11.5 Å².